The molecule has 1 heterocycles. The molecule has 0 saturated heterocycles. The van der Waals surface area contributed by atoms with Gasteiger partial charge in [0.2, 0.25) is 0 Å². The van der Waals surface area contributed by atoms with Crippen LogP contribution >= 0.6 is 11.6 Å². The highest BCUT2D eigenvalue weighted by molar-refractivity contribution is 6.30. The molecule has 0 aliphatic rings. The molecule has 0 atom stereocenters. The summed E-state index contributed by atoms with van der Waals surface area (Å²) in [4.78, 5) is 0. The normalized spacial score (nSPS) is 10.4. The highest BCUT2D eigenvalue weighted by atomic mass is 35.5. The van der Waals surface area contributed by atoms with Gasteiger partial charge in [0.25, 0.3) is 0 Å². The molecular formula is C12H14ClN3. The second-order valence-corrected chi connectivity index (χ2v) is 4.21. The number of nitrogens with zero attached hydrogens (tertiary/aromatic N) is 2. The summed E-state index contributed by atoms with van der Waals surface area (Å²) in [5.41, 5.74) is 3.18. The van der Waals surface area contributed by atoms with Gasteiger partial charge < -0.3 is 5.32 Å². The molecule has 0 amide bonds. The maximum absolute atomic E-state index is 5.90. The van der Waals surface area contributed by atoms with Crippen molar-refractivity contribution in [3.05, 3.63) is 46.7 Å². The maximum Gasteiger partial charge on any atom is 0.109 e. The molecule has 16 heavy (non-hydrogen) atoms. The lowest BCUT2D eigenvalue weighted by molar-refractivity contribution is 0.644. The Balaban J connectivity index is 2.05. The molecule has 0 spiro atoms. The van der Waals surface area contributed by atoms with Gasteiger partial charge in [0.15, 0.2) is 0 Å². The highest BCUT2D eigenvalue weighted by Gasteiger charge is 2.00. The Labute approximate surface area is 100 Å². The lowest BCUT2D eigenvalue weighted by atomic mass is 10.3. The largest absolute Gasteiger partial charge is 0.366 e. The van der Waals surface area contributed by atoms with Crippen molar-refractivity contribution >= 4 is 17.3 Å². The first kappa shape index (κ1) is 11.0. The number of benzene rings is 1. The van der Waals surface area contributed by atoms with Crippen molar-refractivity contribution in [3.63, 3.8) is 0 Å². The Morgan fingerprint density at radius 2 is 2.12 bits per heavy atom. The summed E-state index contributed by atoms with van der Waals surface area (Å²) in [5.74, 6) is 0. The van der Waals surface area contributed by atoms with Gasteiger partial charge in [0.05, 0.1) is 5.69 Å². The van der Waals surface area contributed by atoms with E-state index in [1.807, 2.05) is 42.8 Å². The number of nitrogens with one attached hydrogen (secondary N) is 1. The third kappa shape index (κ3) is 2.55. The first-order valence-electron chi connectivity index (χ1n) is 5.15. The molecular weight excluding hydrogens is 222 g/mol. The van der Waals surface area contributed by atoms with Crippen LogP contribution in [-0.2, 0) is 6.67 Å². The van der Waals surface area contributed by atoms with E-state index in [1.54, 1.807) is 0 Å². The van der Waals surface area contributed by atoms with Gasteiger partial charge in [-0.3, -0.25) is 4.68 Å². The van der Waals surface area contributed by atoms with Crippen molar-refractivity contribution < 1.29 is 0 Å². The van der Waals surface area contributed by atoms with Crippen molar-refractivity contribution in [2.75, 3.05) is 5.32 Å². The van der Waals surface area contributed by atoms with Crippen LogP contribution in [-0.4, -0.2) is 9.78 Å². The summed E-state index contributed by atoms with van der Waals surface area (Å²) in [6, 6.07) is 9.71. The van der Waals surface area contributed by atoms with E-state index >= 15 is 0 Å². The number of aryl methyl sites for hydroxylation is 2. The van der Waals surface area contributed by atoms with Gasteiger partial charge in [0, 0.05) is 16.4 Å². The van der Waals surface area contributed by atoms with Crippen molar-refractivity contribution in [2.45, 2.75) is 20.5 Å². The molecule has 0 unspecified atom stereocenters. The molecule has 0 aliphatic carbocycles. The molecule has 1 N–H and O–H groups in total. The summed E-state index contributed by atoms with van der Waals surface area (Å²) in [7, 11) is 0. The van der Waals surface area contributed by atoms with Crippen LogP contribution in [0.5, 0.6) is 0 Å². The molecule has 2 aromatic rings. The molecule has 0 radical (unpaired) electrons. The fraction of sp³-hybridized carbons (Fsp3) is 0.250. The summed E-state index contributed by atoms with van der Waals surface area (Å²) in [5, 5.41) is 8.38. The average Bonchev–Trinajstić information content (AvgIpc) is 2.54. The van der Waals surface area contributed by atoms with E-state index in [2.05, 4.69) is 16.5 Å². The van der Waals surface area contributed by atoms with Crippen LogP contribution in [0.25, 0.3) is 0 Å². The molecule has 1 aromatic heterocycles. The second kappa shape index (κ2) is 4.58. The van der Waals surface area contributed by atoms with E-state index < -0.39 is 0 Å². The highest BCUT2D eigenvalue weighted by Crippen LogP contribution is 2.15. The molecule has 1 aromatic carbocycles. The van der Waals surface area contributed by atoms with Crippen molar-refractivity contribution in [3.8, 4) is 0 Å². The number of halogens is 1. The monoisotopic (exact) mass is 235 g/mol. The van der Waals surface area contributed by atoms with E-state index in [0.717, 1.165) is 22.1 Å². The molecule has 4 heteroatoms. The van der Waals surface area contributed by atoms with E-state index in [9.17, 15) is 0 Å². The number of hydrogen-bond donors (Lipinski definition) is 1. The molecule has 0 fully saturated rings. The zero-order valence-electron chi connectivity index (χ0n) is 9.37. The van der Waals surface area contributed by atoms with Gasteiger partial charge in [-0.05, 0) is 38.1 Å². The predicted molar refractivity (Wildman–Crippen MR) is 66.8 cm³/mol. The molecule has 2 rings (SSSR count). The third-order valence-corrected chi connectivity index (χ3v) is 2.60. The zero-order chi connectivity index (χ0) is 11.5. The number of hydrogen-bond acceptors (Lipinski definition) is 2. The fourth-order valence-electron chi connectivity index (χ4n) is 1.60. The van der Waals surface area contributed by atoms with Crippen LogP contribution in [0.1, 0.15) is 11.4 Å². The minimum atomic E-state index is 0.653. The summed E-state index contributed by atoms with van der Waals surface area (Å²) < 4.78 is 1.93. The van der Waals surface area contributed by atoms with Gasteiger partial charge >= 0.3 is 0 Å². The molecule has 0 bridgehead atoms. The topological polar surface area (TPSA) is 29.9 Å². The van der Waals surface area contributed by atoms with Crippen LogP contribution in [0, 0.1) is 13.8 Å². The SMILES string of the molecule is Cc1cc(C)n(CNc2cccc(Cl)c2)n1. The van der Waals surface area contributed by atoms with Crippen LogP contribution in [0.3, 0.4) is 0 Å². The van der Waals surface area contributed by atoms with Gasteiger partial charge in [-0.1, -0.05) is 17.7 Å². The standard InChI is InChI=1S/C12H14ClN3/c1-9-6-10(2)16(15-9)8-14-12-5-3-4-11(13)7-12/h3-7,14H,8H2,1-2H3. The van der Waals surface area contributed by atoms with Gasteiger partial charge in [-0.15, -0.1) is 0 Å². The van der Waals surface area contributed by atoms with Gasteiger partial charge in [-0.25, -0.2) is 0 Å². The summed E-state index contributed by atoms with van der Waals surface area (Å²) >= 11 is 5.90. The lowest BCUT2D eigenvalue weighted by Gasteiger charge is -2.08. The first-order valence-corrected chi connectivity index (χ1v) is 5.53. The van der Waals surface area contributed by atoms with Crippen LogP contribution in [0.4, 0.5) is 5.69 Å². The van der Waals surface area contributed by atoms with E-state index in [1.165, 1.54) is 0 Å². The number of anilines is 1. The maximum atomic E-state index is 5.90. The predicted octanol–water partition coefficient (Wildman–Crippen LogP) is 3.22. The van der Waals surface area contributed by atoms with Crippen molar-refractivity contribution in [1.82, 2.24) is 9.78 Å². The smallest absolute Gasteiger partial charge is 0.109 e. The summed E-state index contributed by atoms with van der Waals surface area (Å²) in [6.07, 6.45) is 0. The third-order valence-electron chi connectivity index (χ3n) is 2.36. The molecule has 0 aliphatic heterocycles. The second-order valence-electron chi connectivity index (χ2n) is 3.77. The number of rotatable bonds is 3. The van der Waals surface area contributed by atoms with Crippen LogP contribution in [0.15, 0.2) is 30.3 Å². The molecule has 3 nitrogen and oxygen atoms in total. The summed E-state index contributed by atoms with van der Waals surface area (Å²) in [6.45, 7) is 4.68. The van der Waals surface area contributed by atoms with Gasteiger partial charge in [-0.2, -0.15) is 5.10 Å². The molecule has 0 saturated carbocycles. The first-order chi connectivity index (χ1) is 7.65. The average molecular weight is 236 g/mol. The van der Waals surface area contributed by atoms with Crippen LogP contribution < -0.4 is 5.32 Å². The van der Waals surface area contributed by atoms with E-state index in [0.29, 0.717) is 6.67 Å². The zero-order valence-corrected chi connectivity index (χ0v) is 10.1. The molecule has 84 valence electrons. The van der Waals surface area contributed by atoms with E-state index in [4.69, 9.17) is 11.6 Å². The minimum Gasteiger partial charge on any atom is -0.366 e. The number of aromatic nitrogens is 2. The Morgan fingerprint density at radius 3 is 2.75 bits per heavy atom. The Bertz CT molecular complexity index is 491. The Kier molecular flexibility index (Phi) is 3.15. The lowest BCUT2D eigenvalue weighted by Crippen LogP contribution is -2.10. The van der Waals surface area contributed by atoms with Crippen LogP contribution in [0.2, 0.25) is 5.02 Å². The van der Waals surface area contributed by atoms with Gasteiger partial charge in [0.1, 0.15) is 6.67 Å². The Hall–Kier alpha value is -1.48. The Morgan fingerprint density at radius 1 is 1.31 bits per heavy atom. The van der Waals surface area contributed by atoms with Crippen molar-refractivity contribution in [2.24, 2.45) is 0 Å². The van der Waals surface area contributed by atoms with Crippen molar-refractivity contribution in [1.29, 1.82) is 0 Å². The fourth-order valence-corrected chi connectivity index (χ4v) is 1.79. The van der Waals surface area contributed by atoms with E-state index in [-0.39, 0.29) is 0 Å². The minimum absolute atomic E-state index is 0.653. The quantitative estimate of drug-likeness (QED) is 0.885.